The van der Waals surface area contributed by atoms with Gasteiger partial charge in [0.1, 0.15) is 5.01 Å². The SMILES string of the molecule is NCCC(=O)Nc1ccccc1-c1nc2ccccc2s1.O=C(O)C(F)(F)F. The minimum atomic E-state index is -5.08. The Bertz CT molecular complexity index is 940. The Morgan fingerprint density at radius 3 is 2.32 bits per heavy atom. The third kappa shape index (κ3) is 5.76. The van der Waals surface area contributed by atoms with Crippen LogP contribution in [0, 0.1) is 0 Å². The molecule has 2 aromatic carbocycles. The van der Waals surface area contributed by atoms with Crippen molar-refractivity contribution in [3.63, 3.8) is 0 Å². The van der Waals surface area contributed by atoms with Crippen molar-refractivity contribution in [1.29, 1.82) is 0 Å². The number of hydrogen-bond donors (Lipinski definition) is 3. The Morgan fingerprint density at radius 2 is 1.71 bits per heavy atom. The van der Waals surface area contributed by atoms with E-state index in [-0.39, 0.29) is 5.91 Å². The average molecular weight is 411 g/mol. The van der Waals surface area contributed by atoms with Crippen molar-refractivity contribution in [3.8, 4) is 10.6 Å². The Balaban J connectivity index is 0.000000345. The molecule has 1 heterocycles. The molecule has 0 saturated heterocycles. The van der Waals surface area contributed by atoms with Gasteiger partial charge in [-0.2, -0.15) is 13.2 Å². The highest BCUT2D eigenvalue weighted by Gasteiger charge is 2.38. The maximum absolute atomic E-state index is 11.8. The third-order valence-electron chi connectivity index (χ3n) is 3.34. The van der Waals surface area contributed by atoms with Crippen LogP contribution in [0.2, 0.25) is 0 Å². The Hall–Kier alpha value is -2.98. The van der Waals surface area contributed by atoms with Crippen molar-refractivity contribution in [3.05, 3.63) is 48.5 Å². The van der Waals surface area contributed by atoms with E-state index >= 15 is 0 Å². The molecule has 28 heavy (non-hydrogen) atoms. The van der Waals surface area contributed by atoms with E-state index < -0.39 is 12.1 Å². The number of carbonyl (C=O) groups excluding carboxylic acids is 1. The van der Waals surface area contributed by atoms with Gasteiger partial charge in [0.25, 0.3) is 0 Å². The number of nitrogens with one attached hydrogen (secondary N) is 1. The first-order valence-electron chi connectivity index (χ1n) is 7.97. The maximum Gasteiger partial charge on any atom is 0.490 e. The van der Waals surface area contributed by atoms with Crippen LogP contribution in [0.3, 0.4) is 0 Å². The number of aromatic nitrogens is 1. The van der Waals surface area contributed by atoms with Gasteiger partial charge in [-0.3, -0.25) is 4.79 Å². The van der Waals surface area contributed by atoms with Crippen molar-refractivity contribution in [1.82, 2.24) is 4.98 Å². The smallest absolute Gasteiger partial charge is 0.475 e. The van der Waals surface area contributed by atoms with E-state index in [2.05, 4.69) is 10.3 Å². The molecule has 0 radical (unpaired) electrons. The second-order valence-electron chi connectivity index (χ2n) is 5.42. The summed E-state index contributed by atoms with van der Waals surface area (Å²) in [6.45, 7) is 0.342. The molecule has 0 unspecified atom stereocenters. The van der Waals surface area contributed by atoms with Crippen molar-refractivity contribution < 1.29 is 27.9 Å². The number of alkyl halides is 3. The van der Waals surface area contributed by atoms with Gasteiger partial charge in [0.05, 0.1) is 15.9 Å². The van der Waals surface area contributed by atoms with Crippen LogP contribution in [0.25, 0.3) is 20.8 Å². The molecule has 1 aromatic heterocycles. The van der Waals surface area contributed by atoms with Crippen LogP contribution in [-0.4, -0.2) is 34.7 Å². The molecule has 10 heteroatoms. The zero-order valence-corrected chi connectivity index (χ0v) is 15.2. The highest BCUT2D eigenvalue weighted by Crippen LogP contribution is 2.34. The summed E-state index contributed by atoms with van der Waals surface area (Å²) in [6.07, 6.45) is -4.77. The summed E-state index contributed by atoms with van der Waals surface area (Å²) < 4.78 is 32.9. The second-order valence-corrected chi connectivity index (χ2v) is 6.45. The average Bonchev–Trinajstić information content (AvgIpc) is 3.06. The molecule has 0 saturated carbocycles. The normalized spacial score (nSPS) is 10.9. The van der Waals surface area contributed by atoms with Crippen LogP contribution in [0.4, 0.5) is 18.9 Å². The summed E-state index contributed by atoms with van der Waals surface area (Å²) in [6, 6.07) is 15.7. The summed E-state index contributed by atoms with van der Waals surface area (Å²) >= 11 is 1.62. The number of rotatable bonds is 4. The first-order valence-corrected chi connectivity index (χ1v) is 8.79. The molecule has 0 aliphatic heterocycles. The lowest BCUT2D eigenvalue weighted by Gasteiger charge is -2.08. The van der Waals surface area contributed by atoms with E-state index in [1.807, 2.05) is 48.5 Å². The van der Waals surface area contributed by atoms with Gasteiger partial charge in [-0.1, -0.05) is 24.3 Å². The number of amides is 1. The first kappa shape index (κ1) is 21.3. The number of carboxylic acid groups (broad SMARTS) is 1. The van der Waals surface area contributed by atoms with Crippen molar-refractivity contribution in [2.24, 2.45) is 5.73 Å². The molecule has 148 valence electrons. The van der Waals surface area contributed by atoms with Gasteiger partial charge in [-0.25, -0.2) is 9.78 Å². The van der Waals surface area contributed by atoms with Gasteiger partial charge in [-0.15, -0.1) is 11.3 Å². The van der Waals surface area contributed by atoms with Crippen molar-refractivity contribution >= 4 is 39.1 Å². The molecular weight excluding hydrogens is 395 g/mol. The van der Waals surface area contributed by atoms with Crippen LogP contribution in [-0.2, 0) is 9.59 Å². The predicted octanol–water partition coefficient (Wildman–Crippen LogP) is 3.88. The number of nitrogens with two attached hydrogens (primary N) is 1. The van der Waals surface area contributed by atoms with Crippen LogP contribution in [0.1, 0.15) is 6.42 Å². The van der Waals surface area contributed by atoms with Gasteiger partial charge in [0.15, 0.2) is 0 Å². The Kier molecular flexibility index (Phi) is 7.07. The molecule has 0 spiro atoms. The summed E-state index contributed by atoms with van der Waals surface area (Å²) in [7, 11) is 0. The molecule has 0 bridgehead atoms. The zero-order valence-electron chi connectivity index (χ0n) is 14.4. The summed E-state index contributed by atoms with van der Waals surface area (Å²) in [5.41, 5.74) is 8.09. The van der Waals surface area contributed by atoms with E-state index in [1.54, 1.807) is 11.3 Å². The molecule has 0 aliphatic rings. The minimum Gasteiger partial charge on any atom is -0.475 e. The van der Waals surface area contributed by atoms with E-state index in [1.165, 1.54) is 0 Å². The number of hydrogen-bond acceptors (Lipinski definition) is 5. The lowest BCUT2D eigenvalue weighted by molar-refractivity contribution is -0.192. The molecule has 3 aromatic rings. The monoisotopic (exact) mass is 411 g/mol. The number of carboxylic acids is 1. The predicted molar refractivity (Wildman–Crippen MR) is 101 cm³/mol. The number of anilines is 1. The molecule has 0 aliphatic carbocycles. The zero-order chi connectivity index (χ0) is 20.7. The summed E-state index contributed by atoms with van der Waals surface area (Å²) in [5, 5.41) is 10.9. The number of nitrogens with zero attached hydrogens (tertiary/aromatic N) is 1. The fraction of sp³-hybridized carbons (Fsp3) is 0.167. The molecule has 4 N–H and O–H groups in total. The quantitative estimate of drug-likeness (QED) is 0.604. The Labute approximate surface area is 161 Å². The number of halogens is 3. The molecule has 0 atom stereocenters. The number of fused-ring (bicyclic) bond motifs is 1. The van der Waals surface area contributed by atoms with Gasteiger partial charge in [0.2, 0.25) is 5.91 Å². The minimum absolute atomic E-state index is 0.0777. The third-order valence-corrected chi connectivity index (χ3v) is 4.41. The number of benzene rings is 2. The largest absolute Gasteiger partial charge is 0.490 e. The van der Waals surface area contributed by atoms with Crippen LogP contribution in [0.5, 0.6) is 0 Å². The number of para-hydroxylation sites is 2. The van der Waals surface area contributed by atoms with Crippen LogP contribution < -0.4 is 11.1 Å². The molecule has 0 fully saturated rings. The first-order chi connectivity index (χ1) is 13.2. The van der Waals surface area contributed by atoms with Gasteiger partial charge in [-0.05, 0) is 24.3 Å². The van der Waals surface area contributed by atoms with E-state index in [0.29, 0.717) is 13.0 Å². The fourth-order valence-corrected chi connectivity index (χ4v) is 3.11. The van der Waals surface area contributed by atoms with Gasteiger partial charge >= 0.3 is 12.1 Å². The number of carbonyl (C=O) groups is 2. The topological polar surface area (TPSA) is 105 Å². The van der Waals surface area contributed by atoms with E-state index in [4.69, 9.17) is 15.6 Å². The highest BCUT2D eigenvalue weighted by molar-refractivity contribution is 7.21. The van der Waals surface area contributed by atoms with Crippen molar-refractivity contribution in [2.45, 2.75) is 12.6 Å². The van der Waals surface area contributed by atoms with Gasteiger partial charge < -0.3 is 16.2 Å². The lowest BCUT2D eigenvalue weighted by atomic mass is 10.2. The van der Waals surface area contributed by atoms with Crippen molar-refractivity contribution in [2.75, 3.05) is 11.9 Å². The number of aliphatic carboxylic acids is 1. The second kappa shape index (κ2) is 9.29. The standard InChI is InChI=1S/C16H15N3OS.C2HF3O2/c17-10-9-15(20)18-12-6-2-1-5-11(12)16-19-13-7-3-4-8-14(13)21-16;3-2(4,5)1(6)7/h1-8H,9-10,17H2,(H,18,20);(H,6,7). The summed E-state index contributed by atoms with van der Waals surface area (Å²) in [5.74, 6) is -2.83. The molecular formula is C18H16F3N3O3S. The highest BCUT2D eigenvalue weighted by atomic mass is 32.1. The molecule has 3 rings (SSSR count). The Morgan fingerprint density at radius 1 is 1.11 bits per heavy atom. The van der Waals surface area contributed by atoms with E-state index in [9.17, 15) is 18.0 Å². The molecule has 6 nitrogen and oxygen atoms in total. The van der Waals surface area contributed by atoms with Crippen LogP contribution >= 0.6 is 11.3 Å². The van der Waals surface area contributed by atoms with E-state index in [0.717, 1.165) is 26.5 Å². The van der Waals surface area contributed by atoms with Crippen LogP contribution in [0.15, 0.2) is 48.5 Å². The molecule has 1 amide bonds. The maximum atomic E-state index is 11.8. The number of thiazole rings is 1. The lowest BCUT2D eigenvalue weighted by Crippen LogP contribution is -2.21. The fourth-order valence-electron chi connectivity index (χ4n) is 2.11. The van der Waals surface area contributed by atoms with Gasteiger partial charge in [0, 0.05) is 18.5 Å². The summed E-state index contributed by atoms with van der Waals surface area (Å²) in [4.78, 5) is 25.3.